The molecule has 0 aliphatic rings. The molecule has 1 aromatic carbocycles. The maximum Gasteiger partial charge on any atom is 0.180 e. The van der Waals surface area contributed by atoms with Crippen LogP contribution in [0.15, 0.2) is 24.3 Å². The van der Waals surface area contributed by atoms with Crippen molar-refractivity contribution < 1.29 is 4.79 Å². The van der Waals surface area contributed by atoms with E-state index in [2.05, 4.69) is 18.7 Å². The Bertz CT molecular complexity index is 341. The lowest BCUT2D eigenvalue weighted by atomic mass is 10.1. The molecule has 16 heavy (non-hydrogen) atoms. The fraction of sp³-hybridized carbons (Fsp3) is 0.462. The molecular formula is C13H18ClNO. The van der Waals surface area contributed by atoms with E-state index < -0.39 is 5.38 Å². The van der Waals surface area contributed by atoms with Crippen molar-refractivity contribution in [2.24, 2.45) is 0 Å². The quantitative estimate of drug-likeness (QED) is 0.580. The molecule has 1 atom stereocenters. The summed E-state index contributed by atoms with van der Waals surface area (Å²) in [5.74, 6) is -0.0206. The third kappa shape index (κ3) is 2.99. The zero-order valence-corrected chi connectivity index (χ0v) is 10.8. The van der Waals surface area contributed by atoms with Crippen LogP contribution in [0.3, 0.4) is 0 Å². The van der Waals surface area contributed by atoms with Gasteiger partial charge in [-0.25, -0.2) is 0 Å². The number of halogens is 1. The molecule has 0 saturated carbocycles. The minimum absolute atomic E-state index is 0.0206. The van der Waals surface area contributed by atoms with E-state index in [0.29, 0.717) is 5.56 Å². The van der Waals surface area contributed by atoms with Crippen LogP contribution >= 0.6 is 11.6 Å². The maximum atomic E-state index is 11.6. The standard InChI is InChI=1S/C13H18ClNO/c1-4-15(5-2)12-8-6-11(7-9-12)13(16)10(3)14/h6-10H,4-5H2,1-3H3. The summed E-state index contributed by atoms with van der Waals surface area (Å²) in [5.41, 5.74) is 1.82. The van der Waals surface area contributed by atoms with Crippen molar-refractivity contribution in [3.63, 3.8) is 0 Å². The molecule has 0 aliphatic carbocycles. The number of Topliss-reactive ketones (excluding diaryl/α,β-unsaturated/α-hetero) is 1. The van der Waals surface area contributed by atoms with E-state index in [4.69, 9.17) is 11.6 Å². The highest BCUT2D eigenvalue weighted by atomic mass is 35.5. The number of benzene rings is 1. The van der Waals surface area contributed by atoms with Gasteiger partial charge in [-0.3, -0.25) is 4.79 Å². The van der Waals surface area contributed by atoms with Gasteiger partial charge in [0.2, 0.25) is 0 Å². The summed E-state index contributed by atoms with van der Waals surface area (Å²) >= 11 is 5.76. The molecule has 1 rings (SSSR count). The van der Waals surface area contributed by atoms with Crippen LogP contribution in [-0.4, -0.2) is 24.2 Å². The summed E-state index contributed by atoms with van der Waals surface area (Å²) in [6.45, 7) is 7.86. The Hall–Kier alpha value is -1.02. The number of anilines is 1. The van der Waals surface area contributed by atoms with Gasteiger partial charge in [-0.2, -0.15) is 0 Å². The molecule has 0 bridgehead atoms. The summed E-state index contributed by atoms with van der Waals surface area (Å²) in [7, 11) is 0. The van der Waals surface area contributed by atoms with Gasteiger partial charge in [0.1, 0.15) is 0 Å². The van der Waals surface area contributed by atoms with Crippen molar-refractivity contribution in [3.05, 3.63) is 29.8 Å². The predicted octanol–water partition coefficient (Wildman–Crippen LogP) is 3.34. The van der Waals surface area contributed by atoms with E-state index >= 15 is 0 Å². The van der Waals surface area contributed by atoms with Crippen LogP contribution in [0, 0.1) is 0 Å². The third-order valence-electron chi connectivity index (χ3n) is 2.64. The summed E-state index contributed by atoms with van der Waals surface area (Å²) in [4.78, 5) is 13.9. The van der Waals surface area contributed by atoms with Crippen molar-refractivity contribution in [2.45, 2.75) is 26.1 Å². The Morgan fingerprint density at radius 2 is 1.75 bits per heavy atom. The molecule has 0 aromatic heterocycles. The Kier molecular flexibility index (Phi) is 4.81. The first kappa shape index (κ1) is 13.0. The number of hydrogen-bond acceptors (Lipinski definition) is 2. The molecule has 0 amide bonds. The SMILES string of the molecule is CCN(CC)c1ccc(C(=O)C(C)Cl)cc1. The van der Waals surface area contributed by atoms with Crippen LogP contribution in [0.4, 0.5) is 5.69 Å². The molecule has 0 radical (unpaired) electrons. The van der Waals surface area contributed by atoms with Crippen molar-refractivity contribution in [2.75, 3.05) is 18.0 Å². The highest BCUT2D eigenvalue weighted by Gasteiger charge is 2.12. The van der Waals surface area contributed by atoms with E-state index in [1.807, 2.05) is 24.3 Å². The van der Waals surface area contributed by atoms with Crippen LogP contribution in [-0.2, 0) is 0 Å². The Balaban J connectivity index is 2.86. The first-order valence-corrected chi connectivity index (χ1v) is 6.07. The summed E-state index contributed by atoms with van der Waals surface area (Å²) in [6.07, 6.45) is 0. The molecule has 0 fully saturated rings. The number of carbonyl (C=O) groups is 1. The fourth-order valence-corrected chi connectivity index (χ4v) is 1.78. The second-order valence-electron chi connectivity index (χ2n) is 3.70. The molecule has 0 saturated heterocycles. The van der Waals surface area contributed by atoms with Gasteiger partial charge in [0.25, 0.3) is 0 Å². The zero-order chi connectivity index (χ0) is 12.1. The van der Waals surface area contributed by atoms with Crippen LogP contribution in [0.2, 0.25) is 0 Å². The second-order valence-corrected chi connectivity index (χ2v) is 4.35. The second kappa shape index (κ2) is 5.90. The average Bonchev–Trinajstić information content (AvgIpc) is 2.30. The van der Waals surface area contributed by atoms with Crippen LogP contribution in [0.1, 0.15) is 31.1 Å². The normalized spacial score (nSPS) is 12.2. The number of carbonyl (C=O) groups excluding carboxylic acids is 1. The van der Waals surface area contributed by atoms with Gasteiger partial charge in [-0.05, 0) is 45.0 Å². The molecular weight excluding hydrogens is 222 g/mol. The zero-order valence-electron chi connectivity index (χ0n) is 10.0. The Morgan fingerprint density at radius 1 is 1.25 bits per heavy atom. The highest BCUT2D eigenvalue weighted by molar-refractivity contribution is 6.33. The highest BCUT2D eigenvalue weighted by Crippen LogP contribution is 2.16. The fourth-order valence-electron chi connectivity index (χ4n) is 1.65. The largest absolute Gasteiger partial charge is 0.372 e. The summed E-state index contributed by atoms with van der Waals surface area (Å²) in [5, 5.41) is -0.459. The van der Waals surface area contributed by atoms with Gasteiger partial charge in [0.15, 0.2) is 5.78 Å². The van der Waals surface area contributed by atoms with Gasteiger partial charge in [-0.1, -0.05) is 0 Å². The number of nitrogens with zero attached hydrogens (tertiary/aromatic N) is 1. The lowest BCUT2D eigenvalue weighted by molar-refractivity contribution is 0.0992. The monoisotopic (exact) mass is 239 g/mol. The molecule has 1 unspecified atom stereocenters. The molecule has 1 aromatic rings. The number of rotatable bonds is 5. The van der Waals surface area contributed by atoms with Gasteiger partial charge in [0, 0.05) is 24.3 Å². The minimum atomic E-state index is -0.459. The molecule has 0 aliphatic heterocycles. The summed E-state index contributed by atoms with van der Waals surface area (Å²) < 4.78 is 0. The molecule has 2 nitrogen and oxygen atoms in total. The maximum absolute atomic E-state index is 11.6. The lowest BCUT2D eigenvalue weighted by Crippen LogP contribution is -2.21. The van der Waals surface area contributed by atoms with Gasteiger partial charge in [-0.15, -0.1) is 11.6 Å². The van der Waals surface area contributed by atoms with E-state index in [1.54, 1.807) is 6.92 Å². The van der Waals surface area contributed by atoms with Gasteiger partial charge < -0.3 is 4.90 Å². The van der Waals surface area contributed by atoms with E-state index in [0.717, 1.165) is 18.8 Å². The number of hydrogen-bond donors (Lipinski definition) is 0. The smallest absolute Gasteiger partial charge is 0.180 e. The van der Waals surface area contributed by atoms with E-state index in [1.165, 1.54) is 0 Å². The van der Waals surface area contributed by atoms with Crippen LogP contribution < -0.4 is 4.90 Å². The van der Waals surface area contributed by atoms with Crippen LogP contribution in [0.5, 0.6) is 0 Å². The average molecular weight is 240 g/mol. The molecule has 88 valence electrons. The predicted molar refractivity (Wildman–Crippen MR) is 69.6 cm³/mol. The minimum Gasteiger partial charge on any atom is -0.372 e. The van der Waals surface area contributed by atoms with E-state index in [-0.39, 0.29) is 5.78 Å². The Morgan fingerprint density at radius 3 is 2.12 bits per heavy atom. The van der Waals surface area contributed by atoms with Crippen molar-refractivity contribution in [1.82, 2.24) is 0 Å². The first-order valence-electron chi connectivity index (χ1n) is 5.63. The van der Waals surface area contributed by atoms with Crippen molar-refractivity contribution in [3.8, 4) is 0 Å². The van der Waals surface area contributed by atoms with E-state index in [9.17, 15) is 4.79 Å². The Labute approximate surface area is 102 Å². The van der Waals surface area contributed by atoms with Crippen LogP contribution in [0.25, 0.3) is 0 Å². The number of alkyl halides is 1. The van der Waals surface area contributed by atoms with Gasteiger partial charge in [0.05, 0.1) is 5.38 Å². The number of ketones is 1. The molecule has 0 spiro atoms. The molecule has 3 heteroatoms. The lowest BCUT2D eigenvalue weighted by Gasteiger charge is -2.21. The van der Waals surface area contributed by atoms with Gasteiger partial charge >= 0.3 is 0 Å². The third-order valence-corrected chi connectivity index (χ3v) is 2.84. The topological polar surface area (TPSA) is 20.3 Å². The molecule has 0 heterocycles. The first-order chi connectivity index (χ1) is 7.60. The van der Waals surface area contributed by atoms with Crippen molar-refractivity contribution >= 4 is 23.1 Å². The summed E-state index contributed by atoms with van der Waals surface area (Å²) in [6, 6.07) is 7.63. The molecule has 0 N–H and O–H groups in total. The van der Waals surface area contributed by atoms with Crippen molar-refractivity contribution in [1.29, 1.82) is 0 Å².